The van der Waals surface area contributed by atoms with Crippen molar-refractivity contribution in [3.8, 4) is 43.4 Å². The molecule has 288 valence electrons. The van der Waals surface area contributed by atoms with E-state index in [0.29, 0.717) is 0 Å². The van der Waals surface area contributed by atoms with E-state index in [1.165, 1.54) is 11.1 Å². The quantitative estimate of drug-likeness (QED) is 0.0872. The molecule has 0 amide bonds. The van der Waals surface area contributed by atoms with Crippen LogP contribution in [0.15, 0.2) is 170 Å². The molecule has 0 aliphatic heterocycles. The Morgan fingerprint density at radius 2 is 0.667 bits per heavy atom. The van der Waals surface area contributed by atoms with Crippen LogP contribution in [0.2, 0.25) is 0 Å². The van der Waals surface area contributed by atoms with Crippen LogP contribution in [-0.2, 0) is 13.1 Å². The van der Waals surface area contributed by atoms with Gasteiger partial charge in [-0.05, 0) is 0 Å². The third kappa shape index (κ3) is 11.9. The van der Waals surface area contributed by atoms with Crippen LogP contribution in [-0.4, -0.2) is 24.5 Å². The SMILES string of the molecule is F[B-](F)(F)F.F[B-](F)(F)F.c1ccc(C[n+]2ccc(-c3sc(-c4cc[n+](Cc5ccccc5)cc4)c4nc(-c5ccccc5)c(-c5ccccc5)nc34)cc2)cc1. The maximum Gasteiger partial charge on any atom is 0.673 e. The number of benzene rings is 4. The van der Waals surface area contributed by atoms with Crippen molar-refractivity contribution in [1.29, 1.82) is 0 Å². The standard InChI is InChI=1S/C42H32N4S.2BF4/c1-5-13-31(14-6-1)29-45-25-21-35(22-26-45)41-39-40(42(47-41)36-23-27-46(28-24-36)30-32-15-7-2-8-16-32)44-38(34-19-11-4-12-20-34)37(43-39)33-17-9-3-10-18-33;2*2-1(3,4)5/h1-28H,29-30H2;;/q+2;2*-1. The van der Waals surface area contributed by atoms with E-state index in [4.69, 9.17) is 9.97 Å². The van der Waals surface area contributed by atoms with Crippen LogP contribution in [0.3, 0.4) is 0 Å². The van der Waals surface area contributed by atoms with Gasteiger partial charge in [-0.1, -0.05) is 121 Å². The van der Waals surface area contributed by atoms with Gasteiger partial charge in [0.25, 0.3) is 0 Å². The summed E-state index contributed by atoms with van der Waals surface area (Å²) in [6, 6.07) is 50.7. The minimum Gasteiger partial charge on any atom is -0.418 e. The molecule has 0 fully saturated rings. The maximum absolute atomic E-state index is 9.75. The second kappa shape index (κ2) is 18.2. The Morgan fingerprint density at radius 3 is 0.965 bits per heavy atom. The van der Waals surface area contributed by atoms with Crippen molar-refractivity contribution in [2.45, 2.75) is 13.1 Å². The van der Waals surface area contributed by atoms with Crippen molar-refractivity contribution in [2.24, 2.45) is 0 Å². The molecule has 4 nitrogen and oxygen atoms in total. The highest BCUT2D eigenvalue weighted by Crippen LogP contribution is 2.44. The van der Waals surface area contributed by atoms with Crippen molar-refractivity contribution in [2.75, 3.05) is 0 Å². The highest BCUT2D eigenvalue weighted by Gasteiger charge is 2.23. The van der Waals surface area contributed by atoms with Gasteiger partial charge in [-0.15, -0.1) is 11.3 Å². The first-order chi connectivity index (χ1) is 27.3. The van der Waals surface area contributed by atoms with Gasteiger partial charge in [-0.2, -0.15) is 0 Å². The average molecular weight is 798 g/mol. The number of thiophene rings is 1. The molecule has 4 aromatic carbocycles. The Labute approximate surface area is 327 Å². The summed E-state index contributed by atoms with van der Waals surface area (Å²) in [7, 11) is -12.0. The summed E-state index contributed by atoms with van der Waals surface area (Å²) in [5, 5.41) is 0. The third-order valence-electron chi connectivity index (χ3n) is 8.35. The van der Waals surface area contributed by atoms with Gasteiger partial charge in [-0.3, -0.25) is 0 Å². The zero-order valence-corrected chi connectivity index (χ0v) is 30.8. The molecule has 0 bridgehead atoms. The molecule has 0 N–H and O–H groups in total. The first-order valence-corrected chi connectivity index (χ1v) is 18.4. The Bertz CT molecular complexity index is 2300. The van der Waals surface area contributed by atoms with E-state index < -0.39 is 14.5 Å². The largest absolute Gasteiger partial charge is 0.673 e. The fourth-order valence-corrected chi connectivity index (χ4v) is 7.14. The molecule has 0 spiro atoms. The van der Waals surface area contributed by atoms with Crippen LogP contribution in [0.1, 0.15) is 11.1 Å². The number of hydrogen-bond donors (Lipinski definition) is 0. The van der Waals surface area contributed by atoms with Crippen LogP contribution < -0.4 is 9.13 Å². The normalized spacial score (nSPS) is 11.3. The molecule has 0 aliphatic carbocycles. The van der Waals surface area contributed by atoms with E-state index in [-0.39, 0.29) is 0 Å². The lowest BCUT2D eigenvalue weighted by Crippen LogP contribution is -2.32. The van der Waals surface area contributed by atoms with Crippen molar-refractivity contribution in [3.05, 3.63) is 182 Å². The van der Waals surface area contributed by atoms with Gasteiger partial charge in [-0.25, -0.2) is 19.1 Å². The number of halogens is 8. The molecule has 0 saturated carbocycles. The lowest BCUT2D eigenvalue weighted by molar-refractivity contribution is -0.688. The summed E-state index contributed by atoms with van der Waals surface area (Å²) in [6.07, 6.45) is 8.64. The third-order valence-corrected chi connectivity index (χ3v) is 9.61. The topological polar surface area (TPSA) is 33.5 Å². The molecular weight excluding hydrogens is 766 g/mol. The highest BCUT2D eigenvalue weighted by molar-refractivity contribution is 7.20. The smallest absolute Gasteiger partial charge is 0.418 e. The molecule has 15 heteroatoms. The molecular formula is C42H32B2F8N4S. The van der Waals surface area contributed by atoms with Gasteiger partial charge in [0, 0.05) is 57.6 Å². The number of fused-ring (bicyclic) bond motifs is 1. The Balaban J connectivity index is 0.000000492. The molecule has 57 heavy (non-hydrogen) atoms. The van der Waals surface area contributed by atoms with Crippen LogP contribution in [0.25, 0.3) is 54.4 Å². The van der Waals surface area contributed by atoms with E-state index in [1.54, 1.807) is 11.3 Å². The predicted molar refractivity (Wildman–Crippen MR) is 211 cm³/mol. The minimum absolute atomic E-state index is 0.822. The maximum atomic E-state index is 9.75. The van der Waals surface area contributed by atoms with Crippen LogP contribution >= 0.6 is 11.3 Å². The number of rotatable bonds is 8. The Morgan fingerprint density at radius 1 is 0.386 bits per heavy atom. The van der Waals surface area contributed by atoms with Gasteiger partial charge in [0.05, 0.1) is 21.1 Å². The molecule has 8 rings (SSSR count). The number of hydrogen-bond acceptors (Lipinski definition) is 3. The fourth-order valence-electron chi connectivity index (χ4n) is 5.95. The molecule has 0 unspecified atom stereocenters. The minimum atomic E-state index is -6.00. The fraction of sp³-hybridized carbons (Fsp3) is 0.0476. The zero-order chi connectivity index (χ0) is 40.4. The summed E-state index contributed by atoms with van der Waals surface area (Å²) in [5.74, 6) is 0. The number of nitrogens with zero attached hydrogens (tertiary/aromatic N) is 4. The number of aromatic nitrogens is 4. The van der Waals surface area contributed by atoms with E-state index >= 15 is 0 Å². The van der Waals surface area contributed by atoms with Gasteiger partial charge >= 0.3 is 14.5 Å². The summed E-state index contributed by atoms with van der Waals surface area (Å²) < 4.78 is 82.4. The molecule has 4 heterocycles. The van der Waals surface area contributed by atoms with E-state index in [1.807, 2.05) is 12.1 Å². The second-order valence-electron chi connectivity index (χ2n) is 12.6. The lowest BCUT2D eigenvalue weighted by atomic mass is 10.0. The summed E-state index contributed by atoms with van der Waals surface area (Å²) in [4.78, 5) is 13.1. The predicted octanol–water partition coefficient (Wildman–Crippen LogP) is 11.6. The summed E-state index contributed by atoms with van der Waals surface area (Å²) in [6.45, 7) is 1.64. The van der Waals surface area contributed by atoms with Gasteiger partial charge < -0.3 is 34.5 Å². The number of pyridine rings is 2. The molecule has 0 saturated heterocycles. The van der Waals surface area contributed by atoms with Crippen molar-refractivity contribution >= 4 is 36.9 Å². The van der Waals surface area contributed by atoms with Crippen molar-refractivity contribution < 1.29 is 43.7 Å². The van der Waals surface area contributed by atoms with E-state index in [9.17, 15) is 34.5 Å². The lowest BCUT2D eigenvalue weighted by Gasteiger charge is -2.10. The summed E-state index contributed by atoms with van der Waals surface area (Å²) in [5.41, 5.74) is 10.5. The summed E-state index contributed by atoms with van der Waals surface area (Å²) >= 11 is 1.76. The van der Waals surface area contributed by atoms with Crippen LogP contribution in [0, 0.1) is 0 Å². The van der Waals surface area contributed by atoms with Gasteiger partial charge in [0.2, 0.25) is 0 Å². The Hall–Kier alpha value is -6.21. The molecule has 0 radical (unpaired) electrons. The average Bonchev–Trinajstić information content (AvgIpc) is 3.57. The molecule has 0 atom stereocenters. The Kier molecular flexibility index (Phi) is 12.9. The van der Waals surface area contributed by atoms with E-state index in [0.717, 1.165) is 67.5 Å². The van der Waals surface area contributed by atoms with Crippen LogP contribution in [0.4, 0.5) is 34.5 Å². The molecule has 4 aromatic heterocycles. The van der Waals surface area contributed by atoms with Crippen molar-refractivity contribution in [1.82, 2.24) is 9.97 Å². The van der Waals surface area contributed by atoms with E-state index in [2.05, 4.69) is 167 Å². The molecule has 0 aliphatic rings. The van der Waals surface area contributed by atoms with Gasteiger partial charge in [0.1, 0.15) is 11.0 Å². The zero-order valence-electron chi connectivity index (χ0n) is 30.0. The van der Waals surface area contributed by atoms with Gasteiger partial charge in [0.15, 0.2) is 37.9 Å². The highest BCUT2D eigenvalue weighted by atomic mass is 32.1. The van der Waals surface area contributed by atoms with Crippen LogP contribution in [0.5, 0.6) is 0 Å². The molecule has 8 aromatic rings. The monoisotopic (exact) mass is 798 g/mol. The first kappa shape index (κ1) is 40.5. The first-order valence-electron chi connectivity index (χ1n) is 17.6. The second-order valence-corrected chi connectivity index (χ2v) is 13.6. The van der Waals surface area contributed by atoms with Crippen molar-refractivity contribution in [3.63, 3.8) is 0 Å².